The van der Waals surface area contributed by atoms with Crippen molar-refractivity contribution in [1.29, 1.82) is 0 Å². The van der Waals surface area contributed by atoms with Gasteiger partial charge in [0.15, 0.2) is 0 Å². The maximum absolute atomic E-state index is 11.0. The van der Waals surface area contributed by atoms with Crippen molar-refractivity contribution in [2.75, 3.05) is 10.6 Å². The van der Waals surface area contributed by atoms with Gasteiger partial charge < -0.3 is 10.6 Å². The molecule has 24 heavy (non-hydrogen) atoms. The largest absolute Gasteiger partial charge is 0.380 e. The van der Waals surface area contributed by atoms with Crippen molar-refractivity contribution < 1.29 is 4.79 Å². The maximum Gasteiger partial charge on any atom is 0.222 e. The zero-order valence-corrected chi connectivity index (χ0v) is 13.4. The van der Waals surface area contributed by atoms with Crippen LogP contribution >= 0.6 is 0 Å². The number of nitrogens with zero attached hydrogens (tertiary/aromatic N) is 2. The molecule has 5 heteroatoms. The van der Waals surface area contributed by atoms with Crippen molar-refractivity contribution in [2.45, 2.75) is 13.5 Å². The van der Waals surface area contributed by atoms with E-state index in [0.717, 1.165) is 23.4 Å². The lowest BCUT2D eigenvalue weighted by Gasteiger charge is -2.08. The van der Waals surface area contributed by atoms with E-state index in [1.807, 2.05) is 30.3 Å². The molecule has 1 amide bonds. The molecular weight excluding hydrogens is 300 g/mol. The second kappa shape index (κ2) is 7.37. The number of aromatic nitrogens is 2. The third-order valence-corrected chi connectivity index (χ3v) is 3.48. The smallest absolute Gasteiger partial charge is 0.222 e. The summed E-state index contributed by atoms with van der Waals surface area (Å²) in [6.07, 6.45) is 5.32. The van der Waals surface area contributed by atoms with Crippen LogP contribution in [0.15, 0.2) is 67.1 Å². The van der Waals surface area contributed by atoms with E-state index in [1.165, 1.54) is 12.5 Å². The van der Waals surface area contributed by atoms with Gasteiger partial charge in [0, 0.05) is 43.2 Å². The molecule has 0 aliphatic rings. The van der Waals surface area contributed by atoms with E-state index in [9.17, 15) is 4.79 Å². The van der Waals surface area contributed by atoms with Crippen molar-refractivity contribution in [3.8, 4) is 11.1 Å². The fourth-order valence-corrected chi connectivity index (χ4v) is 2.31. The summed E-state index contributed by atoms with van der Waals surface area (Å²) in [6.45, 7) is 2.20. The third kappa shape index (κ3) is 4.16. The first-order chi connectivity index (χ1) is 11.7. The van der Waals surface area contributed by atoms with Gasteiger partial charge in [-0.15, -0.1) is 0 Å². The molecule has 0 fully saturated rings. The predicted octanol–water partition coefficient (Wildman–Crippen LogP) is 3.71. The van der Waals surface area contributed by atoms with E-state index in [0.29, 0.717) is 5.82 Å². The molecule has 0 radical (unpaired) electrons. The lowest BCUT2D eigenvalue weighted by molar-refractivity contribution is -0.114. The van der Waals surface area contributed by atoms with Crippen LogP contribution < -0.4 is 10.6 Å². The summed E-state index contributed by atoms with van der Waals surface area (Å²) in [5.41, 5.74) is 4.07. The van der Waals surface area contributed by atoms with Gasteiger partial charge in [0.25, 0.3) is 0 Å². The van der Waals surface area contributed by atoms with Gasteiger partial charge in [-0.1, -0.05) is 30.3 Å². The van der Waals surface area contributed by atoms with E-state index >= 15 is 0 Å². The number of amides is 1. The standard InChI is InChI=1S/C19H18N4O/c1-14(24)23-19-8-7-16(12-22-19)17-9-18(13-20-11-17)21-10-15-5-3-2-4-6-15/h2-9,11-13,21H,10H2,1H3,(H,22,23,24). The molecule has 0 saturated heterocycles. The van der Waals surface area contributed by atoms with Crippen molar-refractivity contribution in [1.82, 2.24) is 9.97 Å². The molecule has 0 spiro atoms. The second-order valence-electron chi connectivity index (χ2n) is 5.41. The zero-order chi connectivity index (χ0) is 16.8. The highest BCUT2D eigenvalue weighted by Gasteiger charge is 2.03. The third-order valence-electron chi connectivity index (χ3n) is 3.48. The molecule has 3 aromatic rings. The number of hydrogen-bond acceptors (Lipinski definition) is 4. The number of nitrogens with one attached hydrogen (secondary N) is 2. The summed E-state index contributed by atoms with van der Waals surface area (Å²) in [4.78, 5) is 19.6. The van der Waals surface area contributed by atoms with Crippen LogP contribution in [0.5, 0.6) is 0 Å². The summed E-state index contributed by atoms with van der Waals surface area (Å²) in [5, 5.41) is 6.02. The predicted molar refractivity (Wildman–Crippen MR) is 95.5 cm³/mol. The lowest BCUT2D eigenvalue weighted by Crippen LogP contribution is -2.06. The highest BCUT2D eigenvalue weighted by atomic mass is 16.1. The van der Waals surface area contributed by atoms with Gasteiger partial charge in [-0.25, -0.2) is 4.98 Å². The Bertz CT molecular complexity index is 816. The summed E-state index contributed by atoms with van der Waals surface area (Å²) in [7, 11) is 0. The Morgan fingerprint density at radius 3 is 2.54 bits per heavy atom. The van der Waals surface area contributed by atoms with Gasteiger partial charge in [0.05, 0.1) is 5.69 Å². The van der Waals surface area contributed by atoms with Crippen molar-refractivity contribution in [3.63, 3.8) is 0 Å². The van der Waals surface area contributed by atoms with Gasteiger partial charge in [0.2, 0.25) is 5.91 Å². The van der Waals surface area contributed by atoms with E-state index in [-0.39, 0.29) is 5.91 Å². The highest BCUT2D eigenvalue weighted by Crippen LogP contribution is 2.22. The number of hydrogen-bond donors (Lipinski definition) is 2. The number of anilines is 2. The maximum atomic E-state index is 11.0. The van der Waals surface area contributed by atoms with Crippen molar-refractivity contribution in [2.24, 2.45) is 0 Å². The average Bonchev–Trinajstić information content (AvgIpc) is 2.61. The number of benzene rings is 1. The van der Waals surface area contributed by atoms with Crippen LogP contribution in [-0.2, 0) is 11.3 Å². The first-order valence-electron chi connectivity index (χ1n) is 7.67. The van der Waals surface area contributed by atoms with E-state index < -0.39 is 0 Å². The van der Waals surface area contributed by atoms with Gasteiger partial charge in [-0.05, 0) is 23.8 Å². The van der Waals surface area contributed by atoms with Gasteiger partial charge in [-0.2, -0.15) is 0 Å². The number of carbonyl (C=O) groups excluding carboxylic acids is 1. The fourth-order valence-electron chi connectivity index (χ4n) is 2.31. The van der Waals surface area contributed by atoms with Crippen LogP contribution in [0.2, 0.25) is 0 Å². The molecule has 0 saturated carbocycles. The minimum absolute atomic E-state index is 0.135. The SMILES string of the molecule is CC(=O)Nc1ccc(-c2cncc(NCc3ccccc3)c2)cn1. The number of rotatable bonds is 5. The molecule has 1 aromatic carbocycles. The highest BCUT2D eigenvalue weighted by molar-refractivity contribution is 5.87. The van der Waals surface area contributed by atoms with Gasteiger partial charge >= 0.3 is 0 Å². The Labute approximate surface area is 140 Å². The Morgan fingerprint density at radius 2 is 1.83 bits per heavy atom. The topological polar surface area (TPSA) is 66.9 Å². The molecule has 0 unspecified atom stereocenters. The Kier molecular flexibility index (Phi) is 4.81. The molecular formula is C19H18N4O. The first-order valence-corrected chi connectivity index (χ1v) is 7.67. The van der Waals surface area contributed by atoms with Crippen LogP contribution in [-0.4, -0.2) is 15.9 Å². The molecule has 0 aliphatic carbocycles. The summed E-state index contributed by atoms with van der Waals surface area (Å²) in [5.74, 6) is 0.404. The number of pyridine rings is 2. The van der Waals surface area contributed by atoms with Gasteiger partial charge in [0.1, 0.15) is 5.82 Å². The first kappa shape index (κ1) is 15.7. The van der Waals surface area contributed by atoms with Crippen LogP contribution in [0.3, 0.4) is 0 Å². The molecule has 2 heterocycles. The molecule has 3 rings (SSSR count). The van der Waals surface area contributed by atoms with Crippen molar-refractivity contribution >= 4 is 17.4 Å². The molecule has 0 atom stereocenters. The van der Waals surface area contributed by atoms with Crippen LogP contribution in [0.1, 0.15) is 12.5 Å². The molecule has 0 aliphatic heterocycles. The Balaban J connectivity index is 1.71. The average molecular weight is 318 g/mol. The van der Waals surface area contributed by atoms with Crippen LogP contribution in [0.4, 0.5) is 11.5 Å². The normalized spacial score (nSPS) is 10.2. The quantitative estimate of drug-likeness (QED) is 0.752. The van der Waals surface area contributed by atoms with E-state index in [2.05, 4.69) is 32.7 Å². The molecule has 0 bridgehead atoms. The Morgan fingerprint density at radius 1 is 1.00 bits per heavy atom. The van der Waals surface area contributed by atoms with E-state index in [4.69, 9.17) is 0 Å². The summed E-state index contributed by atoms with van der Waals surface area (Å²) < 4.78 is 0. The van der Waals surface area contributed by atoms with E-state index in [1.54, 1.807) is 24.7 Å². The molecule has 5 nitrogen and oxygen atoms in total. The number of carbonyl (C=O) groups is 1. The van der Waals surface area contributed by atoms with Crippen molar-refractivity contribution in [3.05, 3.63) is 72.7 Å². The minimum Gasteiger partial charge on any atom is -0.380 e. The molecule has 120 valence electrons. The molecule has 2 N–H and O–H groups in total. The molecule has 2 aromatic heterocycles. The Hall–Kier alpha value is -3.21. The zero-order valence-electron chi connectivity index (χ0n) is 13.4. The minimum atomic E-state index is -0.135. The second-order valence-corrected chi connectivity index (χ2v) is 5.41. The fraction of sp³-hybridized carbons (Fsp3) is 0.105. The van der Waals surface area contributed by atoms with Crippen LogP contribution in [0.25, 0.3) is 11.1 Å². The monoisotopic (exact) mass is 318 g/mol. The lowest BCUT2D eigenvalue weighted by atomic mass is 10.1. The van der Waals surface area contributed by atoms with Gasteiger partial charge in [-0.3, -0.25) is 9.78 Å². The van der Waals surface area contributed by atoms with Crippen LogP contribution in [0, 0.1) is 0 Å². The summed E-state index contributed by atoms with van der Waals surface area (Å²) in [6, 6.07) is 15.9. The summed E-state index contributed by atoms with van der Waals surface area (Å²) >= 11 is 0.